The third-order valence-corrected chi connectivity index (χ3v) is 3.20. The maximum Gasteiger partial charge on any atom is 0.0608 e. The molecule has 3 nitrogen and oxygen atoms in total. The highest BCUT2D eigenvalue weighted by Crippen LogP contribution is 2.26. The average molecular weight is 291 g/mol. The second-order valence-corrected chi connectivity index (χ2v) is 7.02. The molecule has 0 fully saturated rings. The first-order valence-electron chi connectivity index (χ1n) is 7.80. The molecule has 21 heavy (non-hydrogen) atoms. The lowest BCUT2D eigenvalue weighted by Crippen LogP contribution is -2.16. The zero-order chi connectivity index (χ0) is 16.7. The van der Waals surface area contributed by atoms with Gasteiger partial charge < -0.3 is 0 Å². The molecule has 0 amide bonds. The summed E-state index contributed by atoms with van der Waals surface area (Å²) in [5, 5.41) is 4.10. The van der Waals surface area contributed by atoms with Crippen LogP contribution in [-0.2, 0) is 12.5 Å². The fourth-order valence-corrected chi connectivity index (χ4v) is 1.94. The maximum atomic E-state index is 4.11. The van der Waals surface area contributed by atoms with Crippen LogP contribution in [-0.4, -0.2) is 22.5 Å². The average Bonchev–Trinajstić information content (AvgIpc) is 3.00. The molecular weight excluding hydrogens is 258 g/mol. The molecule has 3 heteroatoms. The van der Waals surface area contributed by atoms with Crippen molar-refractivity contribution in [1.82, 2.24) is 9.78 Å². The second kappa shape index (κ2) is 8.16. The van der Waals surface area contributed by atoms with Gasteiger partial charge in [0.15, 0.2) is 0 Å². The Kier molecular flexibility index (Phi) is 7.62. The van der Waals surface area contributed by atoms with Gasteiger partial charge in [0.1, 0.15) is 0 Å². The van der Waals surface area contributed by atoms with Gasteiger partial charge in [-0.15, -0.1) is 0 Å². The Balaban J connectivity index is 0.000000342. The molecule has 0 saturated heterocycles. The molecule has 0 saturated carbocycles. The van der Waals surface area contributed by atoms with E-state index in [2.05, 4.69) is 63.8 Å². The number of aromatic nitrogens is 2. The highest BCUT2D eigenvalue weighted by atomic mass is 15.3. The number of aryl methyl sites for hydroxylation is 1. The Labute approximate surface area is 131 Å². The number of rotatable bonds is 0. The number of nitrogens with zero attached hydrogens (tertiary/aromatic N) is 3. The van der Waals surface area contributed by atoms with E-state index < -0.39 is 0 Å². The lowest BCUT2D eigenvalue weighted by molar-refractivity contribution is 0.499. The Hall–Kier alpha value is -1.38. The predicted octanol–water partition coefficient (Wildman–Crippen LogP) is 4.79. The molecule has 1 aromatic rings. The fraction of sp³-hybridized carbons (Fsp3) is 0.667. The van der Waals surface area contributed by atoms with E-state index in [9.17, 15) is 0 Å². The van der Waals surface area contributed by atoms with Gasteiger partial charge in [0, 0.05) is 30.6 Å². The Morgan fingerprint density at radius 1 is 1.00 bits per heavy atom. The summed E-state index contributed by atoms with van der Waals surface area (Å²) in [5.74, 6) is 0. The minimum atomic E-state index is 0.214. The van der Waals surface area contributed by atoms with Crippen LogP contribution in [0, 0.1) is 5.41 Å². The summed E-state index contributed by atoms with van der Waals surface area (Å²) in [4.78, 5) is 4.11. The smallest absolute Gasteiger partial charge is 0.0608 e. The third-order valence-electron chi connectivity index (χ3n) is 3.20. The highest BCUT2D eigenvalue weighted by molar-refractivity contribution is 5.75. The van der Waals surface area contributed by atoms with E-state index in [0.29, 0.717) is 5.41 Å². The number of hydrogen-bond donors (Lipinski definition) is 0. The molecule has 2 rings (SSSR count). The van der Waals surface area contributed by atoms with Crippen molar-refractivity contribution < 1.29 is 0 Å². The van der Waals surface area contributed by atoms with Crippen LogP contribution in [0.5, 0.6) is 0 Å². The molecule has 0 spiro atoms. The zero-order valence-corrected chi connectivity index (χ0v) is 15.4. The minimum Gasteiger partial charge on any atom is -0.289 e. The minimum absolute atomic E-state index is 0.214. The third kappa shape index (κ3) is 6.74. The van der Waals surface area contributed by atoms with Gasteiger partial charge in [-0.05, 0) is 23.1 Å². The molecule has 0 aliphatic carbocycles. The van der Waals surface area contributed by atoms with Crippen LogP contribution in [0.2, 0.25) is 0 Å². The first-order chi connectivity index (χ1) is 9.62. The largest absolute Gasteiger partial charge is 0.289 e. The molecule has 0 bridgehead atoms. The summed E-state index contributed by atoms with van der Waals surface area (Å²) in [6, 6.07) is 2.06. The van der Waals surface area contributed by atoms with Crippen LogP contribution in [0.25, 0.3) is 0 Å². The van der Waals surface area contributed by atoms with Crippen LogP contribution in [0.4, 0.5) is 0 Å². The lowest BCUT2D eigenvalue weighted by atomic mass is 9.87. The summed E-state index contributed by atoms with van der Waals surface area (Å²) in [7, 11) is 1.97. The Bertz CT molecular complexity index is 465. The van der Waals surface area contributed by atoms with Crippen molar-refractivity contribution in [3.63, 3.8) is 0 Å². The van der Waals surface area contributed by atoms with Crippen LogP contribution in [0.1, 0.15) is 61.1 Å². The van der Waals surface area contributed by atoms with Gasteiger partial charge in [-0.25, -0.2) is 0 Å². The van der Waals surface area contributed by atoms with Gasteiger partial charge in [0.2, 0.25) is 0 Å². The van der Waals surface area contributed by atoms with E-state index in [1.807, 2.05) is 38.0 Å². The molecule has 2 heterocycles. The van der Waals surface area contributed by atoms with Gasteiger partial charge in [0.25, 0.3) is 0 Å². The van der Waals surface area contributed by atoms with E-state index in [0.717, 1.165) is 6.54 Å². The van der Waals surface area contributed by atoms with Crippen molar-refractivity contribution in [1.29, 1.82) is 0 Å². The van der Waals surface area contributed by atoms with Crippen molar-refractivity contribution in [3.05, 3.63) is 29.6 Å². The molecule has 0 aromatic carbocycles. The van der Waals surface area contributed by atoms with E-state index in [-0.39, 0.29) is 5.41 Å². The Morgan fingerprint density at radius 2 is 1.57 bits per heavy atom. The maximum absolute atomic E-state index is 4.11. The summed E-state index contributed by atoms with van der Waals surface area (Å²) >= 11 is 0. The molecular formula is C18H33N3. The molecule has 1 aliphatic heterocycles. The zero-order valence-electron chi connectivity index (χ0n) is 15.4. The number of aliphatic imine (C=N–C) groups is 1. The SMILES string of the molecule is CC.CC(C)(C)C1=CC=NC1.Cn1nccc1C(C)(C)C. The molecule has 0 N–H and O–H groups in total. The van der Waals surface area contributed by atoms with E-state index >= 15 is 0 Å². The molecule has 0 unspecified atom stereocenters. The molecule has 1 aliphatic rings. The van der Waals surface area contributed by atoms with Crippen molar-refractivity contribution in [2.24, 2.45) is 17.5 Å². The number of hydrogen-bond acceptors (Lipinski definition) is 2. The quantitative estimate of drug-likeness (QED) is 0.676. The van der Waals surface area contributed by atoms with Crippen molar-refractivity contribution in [2.45, 2.75) is 60.8 Å². The first kappa shape index (κ1) is 19.6. The fourth-order valence-electron chi connectivity index (χ4n) is 1.94. The summed E-state index contributed by atoms with van der Waals surface area (Å²) < 4.78 is 1.92. The summed E-state index contributed by atoms with van der Waals surface area (Å²) in [5.41, 5.74) is 3.23. The first-order valence-corrected chi connectivity index (χ1v) is 7.80. The monoisotopic (exact) mass is 291 g/mol. The van der Waals surface area contributed by atoms with Crippen molar-refractivity contribution in [3.8, 4) is 0 Å². The topological polar surface area (TPSA) is 30.2 Å². The second-order valence-electron chi connectivity index (χ2n) is 7.02. The van der Waals surface area contributed by atoms with Crippen molar-refractivity contribution >= 4 is 6.21 Å². The number of allylic oxidation sites excluding steroid dienone is 1. The molecule has 120 valence electrons. The van der Waals surface area contributed by atoms with Gasteiger partial charge in [-0.2, -0.15) is 5.10 Å². The van der Waals surface area contributed by atoms with Crippen LogP contribution in [0.15, 0.2) is 28.9 Å². The van der Waals surface area contributed by atoms with Crippen LogP contribution >= 0.6 is 0 Å². The normalized spacial score (nSPS) is 13.9. The van der Waals surface area contributed by atoms with Crippen LogP contribution in [0.3, 0.4) is 0 Å². The molecule has 0 atom stereocenters. The highest BCUT2D eigenvalue weighted by Gasteiger charge is 2.17. The van der Waals surface area contributed by atoms with Gasteiger partial charge in [-0.3, -0.25) is 9.67 Å². The van der Waals surface area contributed by atoms with Crippen molar-refractivity contribution in [2.75, 3.05) is 6.54 Å². The predicted molar refractivity (Wildman–Crippen MR) is 94.2 cm³/mol. The Morgan fingerprint density at radius 3 is 1.76 bits per heavy atom. The van der Waals surface area contributed by atoms with E-state index in [1.165, 1.54) is 11.3 Å². The van der Waals surface area contributed by atoms with Gasteiger partial charge >= 0.3 is 0 Å². The van der Waals surface area contributed by atoms with Gasteiger partial charge in [-0.1, -0.05) is 55.4 Å². The molecule has 0 radical (unpaired) electrons. The standard InChI is InChI=1S/C8H14N2.C8H13N.C2H6/c1-8(2,3)7-5-6-9-10(7)4;1-8(2,3)7-4-5-9-6-7;1-2/h5-6H,1-4H3;4-5H,6H2,1-3H3;1-2H3. The lowest BCUT2D eigenvalue weighted by Gasteiger charge is -2.18. The van der Waals surface area contributed by atoms with Crippen LogP contribution < -0.4 is 0 Å². The van der Waals surface area contributed by atoms with E-state index in [1.54, 1.807) is 0 Å². The molecule has 1 aromatic heterocycles. The van der Waals surface area contributed by atoms with Gasteiger partial charge in [0.05, 0.1) is 6.54 Å². The summed E-state index contributed by atoms with van der Waals surface area (Å²) in [6.45, 7) is 18.1. The summed E-state index contributed by atoms with van der Waals surface area (Å²) in [6.07, 6.45) is 5.83. The van der Waals surface area contributed by atoms with E-state index in [4.69, 9.17) is 0 Å².